The zero-order valence-electron chi connectivity index (χ0n) is 14.2. The molecular formula is C20H18O5. The van der Waals surface area contributed by atoms with Crippen molar-refractivity contribution in [1.29, 1.82) is 0 Å². The van der Waals surface area contributed by atoms with Gasteiger partial charge < -0.3 is 13.9 Å². The molecule has 1 heterocycles. The second kappa shape index (κ2) is 6.81. The topological polar surface area (TPSA) is 65.7 Å². The van der Waals surface area contributed by atoms with Gasteiger partial charge in [-0.1, -0.05) is 30.3 Å². The lowest BCUT2D eigenvalue weighted by Crippen LogP contribution is -2.24. The lowest BCUT2D eigenvalue weighted by Gasteiger charge is -2.14. The molecule has 5 heteroatoms. The molecule has 0 saturated carbocycles. The van der Waals surface area contributed by atoms with Gasteiger partial charge in [0.25, 0.3) is 0 Å². The molecule has 0 radical (unpaired) electrons. The molecule has 0 aliphatic rings. The van der Waals surface area contributed by atoms with Crippen LogP contribution in [0, 0.1) is 6.92 Å². The summed E-state index contributed by atoms with van der Waals surface area (Å²) in [7, 11) is 1.31. The molecule has 25 heavy (non-hydrogen) atoms. The van der Waals surface area contributed by atoms with Crippen LogP contribution in [0.4, 0.5) is 0 Å². The van der Waals surface area contributed by atoms with E-state index < -0.39 is 12.1 Å². The molecule has 128 valence electrons. The Kier molecular flexibility index (Phi) is 4.57. The Morgan fingerprint density at radius 1 is 1.12 bits per heavy atom. The highest BCUT2D eigenvalue weighted by Gasteiger charge is 2.17. The van der Waals surface area contributed by atoms with Gasteiger partial charge in [-0.25, -0.2) is 9.59 Å². The molecule has 0 spiro atoms. The van der Waals surface area contributed by atoms with E-state index in [1.807, 2.05) is 37.3 Å². The second-order valence-electron chi connectivity index (χ2n) is 5.70. The molecule has 0 fully saturated rings. The molecule has 1 aromatic heterocycles. The summed E-state index contributed by atoms with van der Waals surface area (Å²) < 4.78 is 15.7. The minimum atomic E-state index is -0.730. The molecule has 0 N–H and O–H groups in total. The Labute approximate surface area is 144 Å². The van der Waals surface area contributed by atoms with E-state index >= 15 is 0 Å². The van der Waals surface area contributed by atoms with Crippen LogP contribution in [0.5, 0.6) is 5.75 Å². The fraction of sp³-hybridized carbons (Fsp3) is 0.200. The van der Waals surface area contributed by atoms with Gasteiger partial charge in [-0.3, -0.25) is 0 Å². The van der Waals surface area contributed by atoms with Crippen LogP contribution in [0.1, 0.15) is 12.5 Å². The number of hydrogen-bond acceptors (Lipinski definition) is 5. The fourth-order valence-electron chi connectivity index (χ4n) is 2.76. The van der Waals surface area contributed by atoms with E-state index in [2.05, 4.69) is 4.74 Å². The molecule has 1 unspecified atom stereocenters. The highest BCUT2D eigenvalue weighted by Crippen LogP contribution is 2.29. The molecule has 3 rings (SSSR count). The van der Waals surface area contributed by atoms with Gasteiger partial charge in [0.2, 0.25) is 0 Å². The molecule has 0 aliphatic carbocycles. The maximum Gasteiger partial charge on any atom is 0.346 e. The average Bonchev–Trinajstić information content (AvgIpc) is 2.62. The largest absolute Gasteiger partial charge is 0.479 e. The van der Waals surface area contributed by atoms with Crippen molar-refractivity contribution in [1.82, 2.24) is 0 Å². The van der Waals surface area contributed by atoms with E-state index in [0.717, 1.165) is 16.5 Å². The van der Waals surface area contributed by atoms with Crippen molar-refractivity contribution >= 4 is 16.9 Å². The van der Waals surface area contributed by atoms with E-state index in [0.29, 0.717) is 16.9 Å². The molecule has 2 aromatic carbocycles. The van der Waals surface area contributed by atoms with Crippen molar-refractivity contribution in [2.24, 2.45) is 0 Å². The number of benzene rings is 2. The van der Waals surface area contributed by atoms with Gasteiger partial charge in [0, 0.05) is 5.39 Å². The lowest BCUT2D eigenvalue weighted by molar-refractivity contribution is -0.147. The van der Waals surface area contributed by atoms with Crippen molar-refractivity contribution in [3.05, 3.63) is 64.5 Å². The molecule has 0 saturated heterocycles. The monoisotopic (exact) mass is 338 g/mol. The van der Waals surface area contributed by atoms with Crippen molar-refractivity contribution in [2.45, 2.75) is 20.0 Å². The molecule has 5 nitrogen and oxygen atoms in total. The van der Waals surface area contributed by atoms with Crippen LogP contribution in [-0.4, -0.2) is 19.2 Å². The van der Waals surface area contributed by atoms with E-state index in [9.17, 15) is 9.59 Å². The fourth-order valence-corrected chi connectivity index (χ4v) is 2.76. The highest BCUT2D eigenvalue weighted by atomic mass is 16.6. The van der Waals surface area contributed by atoms with Gasteiger partial charge in [-0.15, -0.1) is 0 Å². The Balaban J connectivity index is 2.10. The predicted molar refractivity (Wildman–Crippen MR) is 94.8 cm³/mol. The molecule has 3 aromatic rings. The standard InChI is InChI=1S/C20H18O5/c1-12-16-11-15(24-13(2)19(21)23-3)9-10-17(16)25-20(22)18(12)14-7-5-4-6-8-14/h4-11,13H,1-3H3. The van der Waals surface area contributed by atoms with Crippen LogP contribution in [0.2, 0.25) is 0 Å². The number of carbonyl (C=O) groups excluding carboxylic acids is 1. The number of esters is 1. The van der Waals surface area contributed by atoms with Crippen molar-refractivity contribution in [3.8, 4) is 16.9 Å². The SMILES string of the molecule is COC(=O)C(C)Oc1ccc2oc(=O)c(-c3ccccc3)c(C)c2c1. The smallest absolute Gasteiger partial charge is 0.346 e. The zero-order valence-corrected chi connectivity index (χ0v) is 14.2. The molecule has 1 atom stereocenters. The third-order valence-electron chi connectivity index (χ3n) is 4.05. The van der Waals surface area contributed by atoms with Crippen molar-refractivity contribution in [2.75, 3.05) is 7.11 Å². The van der Waals surface area contributed by atoms with Crippen LogP contribution < -0.4 is 10.4 Å². The van der Waals surface area contributed by atoms with E-state index in [4.69, 9.17) is 9.15 Å². The number of methoxy groups -OCH3 is 1. The number of carbonyl (C=O) groups is 1. The third-order valence-corrected chi connectivity index (χ3v) is 4.05. The first-order chi connectivity index (χ1) is 12.0. The summed E-state index contributed by atoms with van der Waals surface area (Å²) in [4.78, 5) is 23.9. The van der Waals surface area contributed by atoms with Gasteiger partial charge in [-0.2, -0.15) is 0 Å². The van der Waals surface area contributed by atoms with Gasteiger partial charge >= 0.3 is 11.6 Å². The number of fused-ring (bicyclic) bond motifs is 1. The summed E-state index contributed by atoms with van der Waals surface area (Å²) in [6, 6.07) is 14.5. The van der Waals surface area contributed by atoms with Gasteiger partial charge in [0.15, 0.2) is 6.10 Å². The van der Waals surface area contributed by atoms with Crippen molar-refractivity contribution in [3.63, 3.8) is 0 Å². The van der Waals surface area contributed by atoms with Crippen LogP contribution in [0.25, 0.3) is 22.1 Å². The van der Waals surface area contributed by atoms with Crippen LogP contribution >= 0.6 is 0 Å². The Hall–Kier alpha value is -3.08. The van der Waals surface area contributed by atoms with Crippen LogP contribution in [0.3, 0.4) is 0 Å². The quantitative estimate of drug-likeness (QED) is 0.536. The Morgan fingerprint density at radius 2 is 1.84 bits per heavy atom. The number of ether oxygens (including phenoxy) is 2. The molecule has 0 amide bonds. The average molecular weight is 338 g/mol. The Bertz CT molecular complexity index is 973. The van der Waals surface area contributed by atoms with Crippen molar-refractivity contribution < 1.29 is 18.7 Å². The first-order valence-electron chi connectivity index (χ1n) is 7.88. The van der Waals surface area contributed by atoms with Gasteiger partial charge in [0.1, 0.15) is 11.3 Å². The first kappa shape index (κ1) is 16.8. The summed E-state index contributed by atoms with van der Waals surface area (Å²) in [5.41, 5.74) is 2.21. The zero-order chi connectivity index (χ0) is 18.0. The lowest BCUT2D eigenvalue weighted by atomic mass is 9.99. The second-order valence-corrected chi connectivity index (χ2v) is 5.70. The summed E-state index contributed by atoms with van der Waals surface area (Å²) in [6.07, 6.45) is -0.730. The molecule has 0 bridgehead atoms. The van der Waals surface area contributed by atoms with E-state index in [-0.39, 0.29) is 5.63 Å². The maximum atomic E-state index is 12.4. The highest BCUT2D eigenvalue weighted by molar-refractivity contribution is 5.87. The normalized spacial score (nSPS) is 12.0. The minimum absolute atomic E-state index is 0.382. The maximum absolute atomic E-state index is 12.4. The van der Waals surface area contributed by atoms with Gasteiger partial charge in [-0.05, 0) is 43.2 Å². The molecular weight excluding hydrogens is 320 g/mol. The number of aryl methyl sites for hydroxylation is 1. The summed E-state index contributed by atoms with van der Waals surface area (Å²) in [6.45, 7) is 3.48. The first-order valence-corrected chi connectivity index (χ1v) is 7.88. The summed E-state index contributed by atoms with van der Waals surface area (Å²) >= 11 is 0. The van der Waals surface area contributed by atoms with E-state index in [1.165, 1.54) is 7.11 Å². The number of rotatable bonds is 4. The van der Waals surface area contributed by atoms with Crippen LogP contribution in [0.15, 0.2) is 57.7 Å². The summed E-state index contributed by atoms with van der Waals surface area (Å²) in [5.74, 6) is 0.0442. The summed E-state index contributed by atoms with van der Waals surface area (Å²) in [5, 5.41) is 0.757. The predicted octanol–water partition coefficient (Wildman–Crippen LogP) is 3.71. The third kappa shape index (κ3) is 3.26. The molecule has 0 aliphatic heterocycles. The number of hydrogen-bond donors (Lipinski definition) is 0. The minimum Gasteiger partial charge on any atom is -0.479 e. The Morgan fingerprint density at radius 3 is 2.52 bits per heavy atom. The van der Waals surface area contributed by atoms with E-state index in [1.54, 1.807) is 25.1 Å². The van der Waals surface area contributed by atoms with Crippen LogP contribution in [-0.2, 0) is 9.53 Å². The van der Waals surface area contributed by atoms with Gasteiger partial charge in [0.05, 0.1) is 12.7 Å².